The van der Waals surface area contributed by atoms with Crippen LogP contribution in [0.2, 0.25) is 0 Å². The normalized spacial score (nSPS) is 10.1. The van der Waals surface area contributed by atoms with Crippen LogP contribution in [0.4, 0.5) is 4.53 Å². The lowest BCUT2D eigenvalue weighted by atomic mass is 10.2. The average molecular weight is 191 g/mol. The molecule has 1 aromatic heterocycles. The first kappa shape index (κ1) is 8.62. The second kappa shape index (κ2) is 3.41. The maximum absolute atomic E-state index is 11.6. The number of hydrogen-bond acceptors (Lipinski definition) is 3. The summed E-state index contributed by atoms with van der Waals surface area (Å²) in [6.45, 7) is 0. The highest BCUT2D eigenvalue weighted by atomic mass is 19.3. The van der Waals surface area contributed by atoms with Gasteiger partial charge in [0.15, 0.2) is 5.69 Å². The second-order valence-electron chi connectivity index (χ2n) is 2.75. The molecule has 3 nitrogen and oxygen atoms in total. The number of carbonyl (C=O) groups excluding carboxylic acids is 1. The minimum absolute atomic E-state index is 0.0359. The van der Waals surface area contributed by atoms with Gasteiger partial charge in [0.25, 0.3) is 0 Å². The predicted octanol–water partition coefficient (Wildman–Crippen LogP) is 2.28. The molecule has 0 radical (unpaired) electrons. The van der Waals surface area contributed by atoms with E-state index in [0.29, 0.717) is 5.52 Å². The summed E-state index contributed by atoms with van der Waals surface area (Å²) >= 11 is 0. The molecule has 0 unspecified atom stereocenters. The van der Waals surface area contributed by atoms with E-state index in [1.165, 1.54) is 6.07 Å². The molecular formula is C10H6FNO2. The highest BCUT2D eigenvalue weighted by Gasteiger charge is 2.09. The molecule has 1 heterocycles. The lowest BCUT2D eigenvalue weighted by molar-refractivity contribution is -0.0792. The third kappa shape index (κ3) is 1.42. The summed E-state index contributed by atoms with van der Waals surface area (Å²) in [6, 6.07) is 10.4. The van der Waals surface area contributed by atoms with E-state index in [2.05, 4.69) is 9.93 Å². The van der Waals surface area contributed by atoms with Gasteiger partial charge in [0, 0.05) is 9.91 Å². The number of halogens is 1. The Bertz CT molecular complexity index is 484. The molecular weight excluding hydrogens is 185 g/mol. The van der Waals surface area contributed by atoms with Crippen LogP contribution in [-0.2, 0) is 4.94 Å². The number of carbonyl (C=O) groups is 1. The molecule has 0 atom stereocenters. The van der Waals surface area contributed by atoms with Gasteiger partial charge >= 0.3 is 5.97 Å². The third-order valence-corrected chi connectivity index (χ3v) is 1.88. The van der Waals surface area contributed by atoms with Crippen LogP contribution in [0, 0.1) is 0 Å². The zero-order valence-electron chi connectivity index (χ0n) is 7.11. The van der Waals surface area contributed by atoms with Gasteiger partial charge in [-0.3, -0.25) is 0 Å². The minimum atomic E-state index is -1.07. The number of aromatic nitrogens is 1. The molecule has 0 aliphatic rings. The summed E-state index contributed by atoms with van der Waals surface area (Å²) in [5.41, 5.74) is 0.599. The Hall–Kier alpha value is -1.97. The first-order valence-corrected chi connectivity index (χ1v) is 4.00. The molecule has 1 aromatic carbocycles. The van der Waals surface area contributed by atoms with Crippen molar-refractivity contribution in [2.75, 3.05) is 0 Å². The van der Waals surface area contributed by atoms with E-state index >= 15 is 0 Å². The van der Waals surface area contributed by atoms with Gasteiger partial charge in [0.1, 0.15) is 0 Å². The van der Waals surface area contributed by atoms with Gasteiger partial charge in [-0.1, -0.05) is 24.3 Å². The topological polar surface area (TPSA) is 39.2 Å². The van der Waals surface area contributed by atoms with Gasteiger partial charge in [0.2, 0.25) is 0 Å². The van der Waals surface area contributed by atoms with Crippen LogP contribution >= 0.6 is 0 Å². The molecule has 14 heavy (non-hydrogen) atoms. The molecule has 70 valence electrons. The zero-order valence-corrected chi connectivity index (χ0v) is 7.11. The molecule has 0 fully saturated rings. The quantitative estimate of drug-likeness (QED) is 0.694. The maximum Gasteiger partial charge on any atom is 0.397 e. The van der Waals surface area contributed by atoms with Gasteiger partial charge < -0.3 is 0 Å². The van der Waals surface area contributed by atoms with E-state index in [-0.39, 0.29) is 5.69 Å². The van der Waals surface area contributed by atoms with Gasteiger partial charge in [0.05, 0.1) is 5.52 Å². The molecule has 2 rings (SSSR count). The Morgan fingerprint density at radius 1 is 1.21 bits per heavy atom. The second-order valence-corrected chi connectivity index (χ2v) is 2.75. The molecule has 0 spiro atoms. The van der Waals surface area contributed by atoms with Crippen LogP contribution in [0.5, 0.6) is 0 Å². The number of para-hydroxylation sites is 1. The van der Waals surface area contributed by atoms with E-state index in [4.69, 9.17) is 0 Å². The number of benzene rings is 1. The van der Waals surface area contributed by atoms with Crippen LogP contribution in [0.3, 0.4) is 0 Å². The monoisotopic (exact) mass is 191 g/mol. The van der Waals surface area contributed by atoms with Crippen LogP contribution < -0.4 is 0 Å². The highest BCUT2D eigenvalue weighted by Crippen LogP contribution is 2.12. The van der Waals surface area contributed by atoms with E-state index in [1.807, 2.05) is 12.1 Å². The van der Waals surface area contributed by atoms with E-state index in [1.54, 1.807) is 18.2 Å². The summed E-state index contributed by atoms with van der Waals surface area (Å²) in [5.74, 6) is -1.07. The summed E-state index contributed by atoms with van der Waals surface area (Å²) in [4.78, 5) is 17.8. The van der Waals surface area contributed by atoms with Crippen molar-refractivity contribution in [2.45, 2.75) is 0 Å². The van der Waals surface area contributed by atoms with Crippen molar-refractivity contribution in [2.24, 2.45) is 0 Å². The average Bonchev–Trinajstić information content (AvgIpc) is 2.27. The van der Waals surface area contributed by atoms with Gasteiger partial charge in [-0.15, -0.1) is 0 Å². The third-order valence-electron chi connectivity index (χ3n) is 1.88. The Balaban J connectivity index is 2.56. The summed E-state index contributed by atoms with van der Waals surface area (Å²) in [7, 11) is 0. The van der Waals surface area contributed by atoms with Crippen molar-refractivity contribution < 1.29 is 14.3 Å². The Labute approximate surface area is 79.0 Å². The zero-order chi connectivity index (χ0) is 9.97. The first-order valence-electron chi connectivity index (χ1n) is 4.00. The standard InChI is InChI=1S/C10H6FNO2/c11-14-10(13)9-6-5-7-3-1-2-4-8(7)12-9/h1-6H. The summed E-state index contributed by atoms with van der Waals surface area (Å²) < 4.78 is 11.6. The van der Waals surface area contributed by atoms with Gasteiger partial charge in [-0.05, 0) is 12.1 Å². The number of rotatable bonds is 1. The van der Waals surface area contributed by atoms with E-state index < -0.39 is 5.97 Å². The van der Waals surface area contributed by atoms with Crippen LogP contribution in [0.1, 0.15) is 10.5 Å². The van der Waals surface area contributed by atoms with Crippen molar-refractivity contribution >= 4 is 16.9 Å². The van der Waals surface area contributed by atoms with Crippen LogP contribution in [-0.4, -0.2) is 11.0 Å². The fourth-order valence-corrected chi connectivity index (χ4v) is 1.22. The maximum atomic E-state index is 11.6. The van der Waals surface area contributed by atoms with E-state index in [9.17, 15) is 9.32 Å². The van der Waals surface area contributed by atoms with Crippen LogP contribution in [0.25, 0.3) is 10.9 Å². The fraction of sp³-hybridized carbons (Fsp3) is 0. The fourth-order valence-electron chi connectivity index (χ4n) is 1.22. The molecule has 2 aromatic rings. The lowest BCUT2D eigenvalue weighted by Crippen LogP contribution is -2.01. The molecule has 0 aliphatic heterocycles. The number of nitrogens with zero attached hydrogens (tertiary/aromatic N) is 1. The van der Waals surface area contributed by atoms with E-state index in [0.717, 1.165) is 5.39 Å². The molecule has 0 aliphatic carbocycles. The molecule has 0 amide bonds. The SMILES string of the molecule is O=C(OF)c1ccc2ccccc2n1. The Morgan fingerprint density at radius 2 is 2.00 bits per heavy atom. The lowest BCUT2D eigenvalue weighted by Gasteiger charge is -1.98. The van der Waals surface area contributed by atoms with Gasteiger partial charge in [-0.2, -0.15) is 0 Å². The predicted molar refractivity (Wildman–Crippen MR) is 48.3 cm³/mol. The molecule has 0 bridgehead atoms. The molecule has 0 saturated carbocycles. The smallest absolute Gasteiger partial charge is 0.248 e. The minimum Gasteiger partial charge on any atom is -0.248 e. The van der Waals surface area contributed by atoms with Gasteiger partial charge in [-0.25, -0.2) is 14.7 Å². The molecule has 0 N–H and O–H groups in total. The number of hydrogen-bond donors (Lipinski definition) is 0. The van der Waals surface area contributed by atoms with Crippen LogP contribution in [0.15, 0.2) is 36.4 Å². The number of pyridine rings is 1. The van der Waals surface area contributed by atoms with Crippen molar-refractivity contribution in [1.82, 2.24) is 4.98 Å². The summed E-state index contributed by atoms with van der Waals surface area (Å²) in [6.07, 6.45) is 0. The molecule has 4 heteroatoms. The Kier molecular flexibility index (Phi) is 2.10. The largest absolute Gasteiger partial charge is 0.397 e. The first-order chi connectivity index (χ1) is 6.81. The summed E-state index contributed by atoms with van der Waals surface area (Å²) in [5, 5.41) is 0.892. The Morgan fingerprint density at radius 3 is 2.79 bits per heavy atom. The van der Waals surface area contributed by atoms with Crippen molar-refractivity contribution in [3.05, 3.63) is 42.1 Å². The van der Waals surface area contributed by atoms with Crippen molar-refractivity contribution in [1.29, 1.82) is 0 Å². The van der Waals surface area contributed by atoms with Crippen molar-refractivity contribution in [3.8, 4) is 0 Å². The highest BCUT2D eigenvalue weighted by molar-refractivity contribution is 5.90. The number of fused-ring (bicyclic) bond motifs is 1. The molecule has 0 saturated heterocycles. The van der Waals surface area contributed by atoms with Crippen molar-refractivity contribution in [3.63, 3.8) is 0 Å².